The molecule has 1 atom stereocenters. The highest BCUT2D eigenvalue weighted by Crippen LogP contribution is 2.31. The molecule has 0 spiro atoms. The van der Waals surface area contributed by atoms with Crippen molar-refractivity contribution in [1.82, 2.24) is 0 Å². The topological polar surface area (TPSA) is 43.1 Å². The van der Waals surface area contributed by atoms with Crippen LogP contribution in [0.1, 0.15) is 45.4 Å². The standard InChI is InChI=1S/C10H19NO2/c1-2-9(8-11(12)13)10-6-4-3-5-7-10/h9-10H,2-8H2,1H3/t9-/m0/s1. The summed E-state index contributed by atoms with van der Waals surface area (Å²) >= 11 is 0. The highest BCUT2D eigenvalue weighted by atomic mass is 16.6. The third kappa shape index (κ3) is 3.33. The quantitative estimate of drug-likeness (QED) is 0.499. The number of nitro groups is 1. The van der Waals surface area contributed by atoms with Gasteiger partial charge in [-0.2, -0.15) is 0 Å². The van der Waals surface area contributed by atoms with Crippen molar-refractivity contribution in [3.8, 4) is 0 Å². The van der Waals surface area contributed by atoms with E-state index in [0.717, 1.165) is 6.42 Å². The Labute approximate surface area is 79.7 Å². The smallest absolute Gasteiger partial charge is 0.206 e. The van der Waals surface area contributed by atoms with E-state index in [4.69, 9.17) is 0 Å². The van der Waals surface area contributed by atoms with E-state index in [9.17, 15) is 10.1 Å². The van der Waals surface area contributed by atoms with Crippen LogP contribution in [0.5, 0.6) is 0 Å². The summed E-state index contributed by atoms with van der Waals surface area (Å²) in [6, 6.07) is 0. The van der Waals surface area contributed by atoms with Crippen molar-refractivity contribution in [2.45, 2.75) is 45.4 Å². The van der Waals surface area contributed by atoms with Crippen LogP contribution in [-0.2, 0) is 0 Å². The second-order valence-corrected chi connectivity index (χ2v) is 4.08. The summed E-state index contributed by atoms with van der Waals surface area (Å²) in [7, 11) is 0. The molecule has 0 heterocycles. The van der Waals surface area contributed by atoms with E-state index in [1.165, 1.54) is 32.1 Å². The Hall–Kier alpha value is -0.600. The van der Waals surface area contributed by atoms with Gasteiger partial charge in [0.2, 0.25) is 6.54 Å². The average molecular weight is 185 g/mol. The Balaban J connectivity index is 2.39. The summed E-state index contributed by atoms with van der Waals surface area (Å²) in [4.78, 5) is 10.3. The predicted octanol–water partition coefficient (Wildman–Crippen LogP) is 2.87. The lowest BCUT2D eigenvalue weighted by Gasteiger charge is -2.26. The molecule has 0 radical (unpaired) electrons. The van der Waals surface area contributed by atoms with Crippen LogP contribution in [0.15, 0.2) is 0 Å². The Morgan fingerprint density at radius 2 is 2.00 bits per heavy atom. The van der Waals surface area contributed by atoms with Crippen molar-refractivity contribution in [2.24, 2.45) is 11.8 Å². The maximum absolute atomic E-state index is 10.4. The minimum atomic E-state index is -0.150. The minimum Gasteiger partial charge on any atom is -0.265 e. The summed E-state index contributed by atoms with van der Waals surface area (Å²) in [6.45, 7) is 2.25. The second-order valence-electron chi connectivity index (χ2n) is 4.08. The van der Waals surface area contributed by atoms with E-state index in [0.29, 0.717) is 11.8 Å². The first kappa shape index (κ1) is 10.5. The number of rotatable bonds is 4. The van der Waals surface area contributed by atoms with E-state index >= 15 is 0 Å². The molecule has 76 valence electrons. The Morgan fingerprint density at radius 1 is 1.38 bits per heavy atom. The second kappa shape index (κ2) is 5.20. The molecular formula is C10H19NO2. The Kier molecular flexibility index (Phi) is 4.19. The van der Waals surface area contributed by atoms with Gasteiger partial charge in [0.05, 0.1) is 0 Å². The SMILES string of the molecule is CC[C@@H](C[N+](=O)[O-])C1CCCCC1. The van der Waals surface area contributed by atoms with Gasteiger partial charge in [-0.05, 0) is 25.2 Å². The zero-order valence-electron chi connectivity index (χ0n) is 8.37. The molecule has 0 aromatic rings. The van der Waals surface area contributed by atoms with Gasteiger partial charge in [-0.25, -0.2) is 0 Å². The molecule has 13 heavy (non-hydrogen) atoms. The molecule has 1 rings (SSSR count). The van der Waals surface area contributed by atoms with Crippen LogP contribution >= 0.6 is 0 Å². The lowest BCUT2D eigenvalue weighted by molar-refractivity contribution is -0.490. The molecule has 1 aliphatic carbocycles. The molecule has 0 amide bonds. The zero-order chi connectivity index (χ0) is 9.68. The molecule has 0 saturated heterocycles. The summed E-state index contributed by atoms with van der Waals surface area (Å²) < 4.78 is 0. The molecule has 3 nitrogen and oxygen atoms in total. The Morgan fingerprint density at radius 3 is 2.46 bits per heavy atom. The lowest BCUT2D eigenvalue weighted by atomic mass is 9.79. The third-order valence-corrected chi connectivity index (χ3v) is 3.22. The largest absolute Gasteiger partial charge is 0.265 e. The monoisotopic (exact) mass is 185 g/mol. The van der Waals surface area contributed by atoms with Crippen LogP contribution in [0, 0.1) is 22.0 Å². The fourth-order valence-corrected chi connectivity index (χ4v) is 2.41. The molecule has 1 fully saturated rings. The van der Waals surface area contributed by atoms with Crippen molar-refractivity contribution in [2.75, 3.05) is 6.54 Å². The van der Waals surface area contributed by atoms with Gasteiger partial charge in [-0.15, -0.1) is 0 Å². The van der Waals surface area contributed by atoms with Gasteiger partial charge in [-0.3, -0.25) is 10.1 Å². The van der Waals surface area contributed by atoms with Gasteiger partial charge in [0, 0.05) is 10.8 Å². The molecule has 0 aromatic carbocycles. The van der Waals surface area contributed by atoms with Crippen molar-refractivity contribution < 1.29 is 4.92 Å². The first-order valence-electron chi connectivity index (χ1n) is 5.35. The molecule has 0 aliphatic heterocycles. The molecule has 0 bridgehead atoms. The average Bonchev–Trinajstić information content (AvgIpc) is 2.15. The maximum atomic E-state index is 10.4. The van der Waals surface area contributed by atoms with Crippen LogP contribution in [0.25, 0.3) is 0 Å². The third-order valence-electron chi connectivity index (χ3n) is 3.22. The van der Waals surface area contributed by atoms with Gasteiger partial charge < -0.3 is 0 Å². The van der Waals surface area contributed by atoms with Crippen LogP contribution in [0.4, 0.5) is 0 Å². The van der Waals surface area contributed by atoms with Gasteiger partial charge in [-0.1, -0.05) is 26.2 Å². The van der Waals surface area contributed by atoms with Crippen molar-refractivity contribution in [3.05, 3.63) is 10.1 Å². The molecule has 0 aromatic heterocycles. The number of hydrogen-bond donors (Lipinski definition) is 0. The van der Waals surface area contributed by atoms with E-state index in [1.807, 2.05) is 0 Å². The summed E-state index contributed by atoms with van der Waals surface area (Å²) in [5.41, 5.74) is 0. The van der Waals surface area contributed by atoms with Crippen LogP contribution in [0.3, 0.4) is 0 Å². The normalized spacial score (nSPS) is 21.3. The van der Waals surface area contributed by atoms with Crippen molar-refractivity contribution in [1.29, 1.82) is 0 Å². The van der Waals surface area contributed by atoms with Crippen LogP contribution < -0.4 is 0 Å². The van der Waals surface area contributed by atoms with Gasteiger partial charge >= 0.3 is 0 Å². The van der Waals surface area contributed by atoms with Crippen molar-refractivity contribution >= 4 is 0 Å². The van der Waals surface area contributed by atoms with Crippen molar-refractivity contribution in [3.63, 3.8) is 0 Å². The molecule has 1 aliphatic rings. The summed E-state index contributed by atoms with van der Waals surface area (Å²) in [6.07, 6.45) is 7.27. The van der Waals surface area contributed by atoms with Crippen LogP contribution in [-0.4, -0.2) is 11.5 Å². The van der Waals surface area contributed by atoms with E-state index < -0.39 is 0 Å². The molecule has 3 heteroatoms. The lowest BCUT2D eigenvalue weighted by Crippen LogP contribution is -2.24. The van der Waals surface area contributed by atoms with E-state index in [2.05, 4.69) is 6.92 Å². The number of nitrogens with zero attached hydrogens (tertiary/aromatic N) is 1. The van der Waals surface area contributed by atoms with E-state index in [-0.39, 0.29) is 11.5 Å². The first-order valence-corrected chi connectivity index (χ1v) is 5.35. The summed E-state index contributed by atoms with van der Waals surface area (Å²) in [5.74, 6) is 0.958. The highest BCUT2D eigenvalue weighted by molar-refractivity contribution is 4.72. The van der Waals surface area contributed by atoms with Gasteiger partial charge in [0.15, 0.2) is 0 Å². The molecule has 1 saturated carbocycles. The van der Waals surface area contributed by atoms with E-state index in [1.54, 1.807) is 0 Å². The summed E-state index contributed by atoms with van der Waals surface area (Å²) in [5, 5.41) is 10.4. The highest BCUT2D eigenvalue weighted by Gasteiger charge is 2.25. The molecule has 0 N–H and O–H groups in total. The van der Waals surface area contributed by atoms with Crippen LogP contribution in [0.2, 0.25) is 0 Å². The maximum Gasteiger partial charge on any atom is 0.206 e. The first-order chi connectivity index (χ1) is 6.24. The molecular weight excluding hydrogens is 166 g/mol. The molecule has 0 unspecified atom stereocenters. The zero-order valence-corrected chi connectivity index (χ0v) is 8.37. The Bertz CT molecular complexity index is 164. The predicted molar refractivity (Wildman–Crippen MR) is 52.2 cm³/mol. The fraction of sp³-hybridized carbons (Fsp3) is 1.00. The fourth-order valence-electron chi connectivity index (χ4n) is 2.41. The minimum absolute atomic E-state index is 0.150. The number of hydrogen-bond acceptors (Lipinski definition) is 2. The van der Waals surface area contributed by atoms with Gasteiger partial charge in [0.25, 0.3) is 0 Å². The van der Waals surface area contributed by atoms with Gasteiger partial charge in [0.1, 0.15) is 0 Å².